The Morgan fingerprint density at radius 2 is 1.77 bits per heavy atom. The Labute approximate surface area is 157 Å². The summed E-state index contributed by atoms with van der Waals surface area (Å²) in [6.07, 6.45) is 4.07. The number of carbonyl (C=O) groups is 2. The lowest BCUT2D eigenvalue weighted by molar-refractivity contribution is 0.0936. The largest absolute Gasteiger partial charge is 0.326 e. The van der Waals surface area contributed by atoms with Crippen molar-refractivity contribution >= 4 is 22.9 Å². The maximum absolute atomic E-state index is 12.9. The Hall–Kier alpha value is -2.53. The standard InChI is InChI=1S/C21H22N2O2S/c1-15(2)23-11-10-22-21(23)19(25)14-17(16-7-4-3-5-8-16)13-18(24)20-9-6-12-26-20/h3-12,15,17H,13-14H2,1-2H3. The molecule has 0 N–H and O–H groups in total. The first-order valence-corrected chi connectivity index (χ1v) is 9.62. The minimum Gasteiger partial charge on any atom is -0.326 e. The van der Waals surface area contributed by atoms with E-state index in [2.05, 4.69) is 4.98 Å². The van der Waals surface area contributed by atoms with Gasteiger partial charge >= 0.3 is 0 Å². The smallest absolute Gasteiger partial charge is 0.198 e. The van der Waals surface area contributed by atoms with Gasteiger partial charge in [-0.1, -0.05) is 36.4 Å². The Kier molecular flexibility index (Phi) is 5.78. The molecular formula is C21H22N2O2S. The topological polar surface area (TPSA) is 52.0 Å². The number of imidazole rings is 1. The van der Waals surface area contributed by atoms with Crippen molar-refractivity contribution in [3.8, 4) is 0 Å². The molecule has 0 fully saturated rings. The van der Waals surface area contributed by atoms with Crippen molar-refractivity contribution in [1.29, 1.82) is 0 Å². The van der Waals surface area contributed by atoms with Crippen LogP contribution in [-0.2, 0) is 0 Å². The maximum Gasteiger partial charge on any atom is 0.198 e. The number of aromatic nitrogens is 2. The number of thiophene rings is 1. The van der Waals surface area contributed by atoms with Gasteiger partial charge in [0.15, 0.2) is 17.4 Å². The predicted molar refractivity (Wildman–Crippen MR) is 104 cm³/mol. The maximum atomic E-state index is 12.9. The van der Waals surface area contributed by atoms with Crippen LogP contribution < -0.4 is 0 Å². The lowest BCUT2D eigenvalue weighted by Gasteiger charge is -2.17. The number of nitrogens with zero attached hydrogens (tertiary/aromatic N) is 2. The number of rotatable bonds is 8. The number of benzene rings is 1. The molecule has 0 aliphatic carbocycles. The average Bonchev–Trinajstić information content (AvgIpc) is 3.33. The van der Waals surface area contributed by atoms with Crippen molar-refractivity contribution in [2.45, 2.75) is 38.6 Å². The van der Waals surface area contributed by atoms with Gasteiger partial charge < -0.3 is 4.57 Å². The normalized spacial score (nSPS) is 12.3. The molecule has 0 spiro atoms. The molecule has 3 rings (SSSR count). The second-order valence-electron chi connectivity index (χ2n) is 6.59. The molecule has 0 amide bonds. The van der Waals surface area contributed by atoms with Crippen molar-refractivity contribution in [2.75, 3.05) is 0 Å². The number of Topliss-reactive ketones (excluding diaryl/α,β-unsaturated/α-hetero) is 2. The fraction of sp³-hybridized carbons (Fsp3) is 0.286. The van der Waals surface area contributed by atoms with E-state index in [-0.39, 0.29) is 29.9 Å². The van der Waals surface area contributed by atoms with Gasteiger partial charge in [0, 0.05) is 31.3 Å². The minimum atomic E-state index is -0.157. The van der Waals surface area contributed by atoms with E-state index in [9.17, 15) is 9.59 Å². The summed E-state index contributed by atoms with van der Waals surface area (Å²) in [5.74, 6) is 0.352. The Morgan fingerprint density at radius 3 is 2.42 bits per heavy atom. The van der Waals surface area contributed by atoms with Gasteiger partial charge in [-0.2, -0.15) is 0 Å². The summed E-state index contributed by atoms with van der Waals surface area (Å²) in [6, 6.07) is 13.7. The van der Waals surface area contributed by atoms with Gasteiger partial charge in [0.1, 0.15) is 0 Å². The molecule has 0 radical (unpaired) electrons. The molecule has 3 aromatic rings. The molecule has 0 saturated carbocycles. The fourth-order valence-electron chi connectivity index (χ4n) is 3.06. The third kappa shape index (κ3) is 4.17. The molecule has 1 atom stereocenters. The van der Waals surface area contributed by atoms with Gasteiger partial charge in [0.05, 0.1) is 4.88 Å². The minimum absolute atomic E-state index is 0.0310. The number of hydrogen-bond donors (Lipinski definition) is 0. The summed E-state index contributed by atoms with van der Waals surface area (Å²) in [6.45, 7) is 4.04. The van der Waals surface area contributed by atoms with Crippen molar-refractivity contribution in [3.63, 3.8) is 0 Å². The molecule has 4 nitrogen and oxygen atoms in total. The van der Waals surface area contributed by atoms with Gasteiger partial charge in [0.2, 0.25) is 0 Å². The number of ketones is 2. The number of hydrogen-bond acceptors (Lipinski definition) is 4. The van der Waals surface area contributed by atoms with Crippen LogP contribution in [0, 0.1) is 0 Å². The monoisotopic (exact) mass is 366 g/mol. The van der Waals surface area contributed by atoms with Crippen LogP contribution in [0.4, 0.5) is 0 Å². The third-order valence-corrected chi connectivity index (χ3v) is 5.32. The quantitative estimate of drug-likeness (QED) is 0.518. The molecular weight excluding hydrogens is 344 g/mol. The van der Waals surface area contributed by atoms with Crippen molar-refractivity contribution in [3.05, 3.63) is 76.5 Å². The zero-order valence-corrected chi connectivity index (χ0v) is 15.8. The van der Waals surface area contributed by atoms with E-state index in [1.165, 1.54) is 11.3 Å². The first-order chi connectivity index (χ1) is 12.6. The summed E-state index contributed by atoms with van der Waals surface area (Å²) in [5, 5.41) is 1.90. The van der Waals surface area contributed by atoms with Crippen LogP contribution in [0.5, 0.6) is 0 Å². The van der Waals surface area contributed by atoms with Gasteiger partial charge in [-0.05, 0) is 36.8 Å². The van der Waals surface area contributed by atoms with Crippen LogP contribution >= 0.6 is 11.3 Å². The SMILES string of the molecule is CC(C)n1ccnc1C(=O)CC(CC(=O)c1cccs1)c1ccccc1. The Morgan fingerprint density at radius 1 is 1.04 bits per heavy atom. The summed E-state index contributed by atoms with van der Waals surface area (Å²) in [7, 11) is 0. The second-order valence-corrected chi connectivity index (χ2v) is 7.54. The Balaban J connectivity index is 1.83. The molecule has 5 heteroatoms. The lowest BCUT2D eigenvalue weighted by Crippen LogP contribution is -2.16. The highest BCUT2D eigenvalue weighted by Crippen LogP contribution is 2.28. The van der Waals surface area contributed by atoms with Gasteiger partial charge in [-0.25, -0.2) is 4.98 Å². The highest BCUT2D eigenvalue weighted by atomic mass is 32.1. The summed E-state index contributed by atoms with van der Waals surface area (Å²) >= 11 is 1.44. The van der Waals surface area contributed by atoms with E-state index in [0.29, 0.717) is 12.2 Å². The molecule has 0 aliphatic rings. The van der Waals surface area contributed by atoms with Gasteiger partial charge in [-0.15, -0.1) is 11.3 Å². The van der Waals surface area contributed by atoms with Crippen LogP contribution in [0.1, 0.15) is 64.5 Å². The van der Waals surface area contributed by atoms with Gasteiger partial charge in [0.25, 0.3) is 0 Å². The van der Waals surface area contributed by atoms with Crippen LogP contribution in [0.3, 0.4) is 0 Å². The van der Waals surface area contributed by atoms with Crippen LogP contribution in [0.25, 0.3) is 0 Å². The zero-order valence-electron chi connectivity index (χ0n) is 15.0. The van der Waals surface area contributed by atoms with E-state index in [1.807, 2.05) is 72.5 Å². The molecule has 26 heavy (non-hydrogen) atoms. The van der Waals surface area contributed by atoms with Crippen molar-refractivity contribution in [2.24, 2.45) is 0 Å². The van der Waals surface area contributed by atoms with Crippen molar-refractivity contribution in [1.82, 2.24) is 9.55 Å². The van der Waals surface area contributed by atoms with E-state index < -0.39 is 0 Å². The molecule has 134 valence electrons. The average molecular weight is 366 g/mol. The lowest BCUT2D eigenvalue weighted by atomic mass is 9.88. The van der Waals surface area contributed by atoms with Crippen LogP contribution in [0.15, 0.2) is 60.2 Å². The van der Waals surface area contributed by atoms with Crippen molar-refractivity contribution < 1.29 is 9.59 Å². The molecule has 1 unspecified atom stereocenters. The molecule has 0 bridgehead atoms. The predicted octanol–water partition coefficient (Wildman–Crippen LogP) is 5.16. The van der Waals surface area contributed by atoms with Crippen LogP contribution in [0.2, 0.25) is 0 Å². The van der Waals surface area contributed by atoms with E-state index in [4.69, 9.17) is 0 Å². The number of carbonyl (C=O) groups excluding carboxylic acids is 2. The third-order valence-electron chi connectivity index (χ3n) is 4.40. The van der Waals surface area contributed by atoms with E-state index >= 15 is 0 Å². The first kappa shape index (κ1) is 18.3. The molecule has 0 aliphatic heterocycles. The molecule has 2 aromatic heterocycles. The molecule has 0 saturated heterocycles. The highest BCUT2D eigenvalue weighted by Gasteiger charge is 2.24. The molecule has 2 heterocycles. The van der Waals surface area contributed by atoms with Crippen LogP contribution in [-0.4, -0.2) is 21.1 Å². The van der Waals surface area contributed by atoms with E-state index in [1.54, 1.807) is 6.20 Å². The Bertz CT molecular complexity index is 867. The highest BCUT2D eigenvalue weighted by molar-refractivity contribution is 7.12. The second kappa shape index (κ2) is 8.23. The summed E-state index contributed by atoms with van der Waals surface area (Å²) in [4.78, 5) is 30.5. The zero-order chi connectivity index (χ0) is 18.5. The fourth-order valence-corrected chi connectivity index (χ4v) is 3.73. The van der Waals surface area contributed by atoms with E-state index in [0.717, 1.165) is 10.4 Å². The first-order valence-electron chi connectivity index (χ1n) is 8.74. The molecule has 1 aromatic carbocycles. The summed E-state index contributed by atoms with van der Waals surface area (Å²) in [5.41, 5.74) is 1.01. The van der Waals surface area contributed by atoms with Gasteiger partial charge in [-0.3, -0.25) is 9.59 Å². The summed E-state index contributed by atoms with van der Waals surface area (Å²) < 4.78 is 1.88.